The number of Topliss-reactive ketones (excluding diaryl/α,β-unsaturated/α-hetero) is 1. The van der Waals surface area contributed by atoms with Crippen molar-refractivity contribution in [2.75, 3.05) is 11.5 Å². The van der Waals surface area contributed by atoms with Gasteiger partial charge in [0.1, 0.15) is 0 Å². The van der Waals surface area contributed by atoms with Crippen LogP contribution in [-0.4, -0.2) is 40.1 Å². The highest BCUT2D eigenvalue weighted by atomic mass is 79.9. The van der Waals surface area contributed by atoms with Crippen molar-refractivity contribution in [2.45, 2.75) is 0 Å². The molecule has 4 aromatic carbocycles. The van der Waals surface area contributed by atoms with Gasteiger partial charge in [0.2, 0.25) is 0 Å². The Morgan fingerprint density at radius 1 is 0.775 bits per heavy atom. The zero-order valence-corrected chi connectivity index (χ0v) is 22.3. The molecule has 0 N–H and O–H groups in total. The van der Waals surface area contributed by atoms with Crippen LogP contribution in [0.2, 0.25) is 0 Å². The second-order valence-electron chi connectivity index (χ2n) is 9.01. The SMILES string of the molecule is O=C(COC(=O)c1ccc2c(c1)C(=O)N(c1cccc(-c3cnc4ccccc4n3)c1)C2=O)c1ccc(Br)cc1. The minimum absolute atomic E-state index is 0.0607. The Balaban J connectivity index is 1.22. The predicted octanol–water partition coefficient (Wildman–Crippen LogP) is 5.90. The molecular formula is C31H18BrN3O5. The van der Waals surface area contributed by atoms with Crippen LogP contribution in [0.5, 0.6) is 0 Å². The van der Waals surface area contributed by atoms with Gasteiger partial charge in [-0.15, -0.1) is 0 Å². The number of halogens is 1. The fraction of sp³-hybridized carbons (Fsp3) is 0.0323. The van der Waals surface area contributed by atoms with Crippen LogP contribution in [0.15, 0.2) is 102 Å². The summed E-state index contributed by atoms with van der Waals surface area (Å²) >= 11 is 3.30. The van der Waals surface area contributed by atoms with E-state index in [-0.39, 0.29) is 22.5 Å². The van der Waals surface area contributed by atoms with E-state index in [1.54, 1.807) is 48.7 Å². The van der Waals surface area contributed by atoms with Crippen LogP contribution < -0.4 is 4.90 Å². The molecule has 0 atom stereocenters. The molecule has 0 unspecified atom stereocenters. The molecule has 6 rings (SSSR count). The Morgan fingerprint density at radius 3 is 2.30 bits per heavy atom. The van der Waals surface area contributed by atoms with Gasteiger partial charge in [-0.2, -0.15) is 0 Å². The number of carbonyl (C=O) groups is 4. The van der Waals surface area contributed by atoms with Crippen LogP contribution in [0.4, 0.5) is 5.69 Å². The summed E-state index contributed by atoms with van der Waals surface area (Å²) in [5.41, 5.74) is 3.84. The standard InChI is InChI=1S/C31H18BrN3O5/c32-21-11-8-18(9-12-21)28(36)17-40-31(39)20-10-13-23-24(15-20)30(38)35(29(23)37)22-5-3-4-19(14-22)27-16-33-25-6-1-2-7-26(25)34-27/h1-16H,17H2. The van der Waals surface area contributed by atoms with E-state index in [1.165, 1.54) is 18.2 Å². The highest BCUT2D eigenvalue weighted by molar-refractivity contribution is 9.10. The minimum atomic E-state index is -0.774. The molecule has 40 heavy (non-hydrogen) atoms. The fourth-order valence-corrected chi connectivity index (χ4v) is 4.70. The van der Waals surface area contributed by atoms with E-state index in [9.17, 15) is 19.2 Å². The maximum absolute atomic E-state index is 13.4. The number of para-hydroxylation sites is 2. The lowest BCUT2D eigenvalue weighted by Gasteiger charge is -2.15. The number of carbonyl (C=O) groups excluding carboxylic acids is 4. The largest absolute Gasteiger partial charge is 0.454 e. The molecule has 5 aromatic rings. The number of hydrogen-bond acceptors (Lipinski definition) is 7. The molecule has 0 fully saturated rings. The van der Waals surface area contributed by atoms with Crippen LogP contribution in [-0.2, 0) is 4.74 Å². The van der Waals surface area contributed by atoms with E-state index in [4.69, 9.17) is 4.74 Å². The van der Waals surface area contributed by atoms with Gasteiger partial charge in [0.15, 0.2) is 12.4 Å². The fourth-order valence-electron chi connectivity index (χ4n) is 4.44. The number of hydrogen-bond donors (Lipinski definition) is 0. The molecule has 8 nitrogen and oxygen atoms in total. The van der Waals surface area contributed by atoms with Crippen molar-refractivity contribution < 1.29 is 23.9 Å². The Bertz CT molecular complexity index is 1850. The van der Waals surface area contributed by atoms with Gasteiger partial charge in [-0.1, -0.05) is 52.3 Å². The molecule has 2 heterocycles. The first kappa shape index (κ1) is 25.3. The van der Waals surface area contributed by atoms with Gasteiger partial charge < -0.3 is 4.74 Å². The number of ether oxygens (including phenoxy) is 1. The predicted molar refractivity (Wildman–Crippen MR) is 151 cm³/mol. The number of esters is 1. The molecule has 0 saturated heterocycles. The van der Waals surface area contributed by atoms with Gasteiger partial charge >= 0.3 is 5.97 Å². The van der Waals surface area contributed by atoms with E-state index in [0.717, 1.165) is 20.4 Å². The number of aromatic nitrogens is 2. The second kappa shape index (κ2) is 10.3. The van der Waals surface area contributed by atoms with Gasteiger partial charge in [0.25, 0.3) is 11.8 Å². The highest BCUT2D eigenvalue weighted by Crippen LogP contribution is 2.32. The van der Waals surface area contributed by atoms with Crippen molar-refractivity contribution in [3.8, 4) is 11.3 Å². The van der Waals surface area contributed by atoms with E-state index in [1.807, 2.05) is 30.3 Å². The van der Waals surface area contributed by atoms with Crippen molar-refractivity contribution in [1.82, 2.24) is 9.97 Å². The molecule has 0 spiro atoms. The average Bonchev–Trinajstić information content (AvgIpc) is 3.24. The molecule has 1 aromatic heterocycles. The summed E-state index contributed by atoms with van der Waals surface area (Å²) < 4.78 is 6.00. The Morgan fingerprint density at radius 2 is 1.50 bits per heavy atom. The number of fused-ring (bicyclic) bond motifs is 2. The van der Waals surface area contributed by atoms with Gasteiger partial charge in [0, 0.05) is 15.6 Å². The molecule has 194 valence electrons. The number of ketones is 1. The van der Waals surface area contributed by atoms with E-state index in [2.05, 4.69) is 25.9 Å². The Labute approximate surface area is 236 Å². The van der Waals surface area contributed by atoms with E-state index >= 15 is 0 Å². The van der Waals surface area contributed by atoms with Crippen LogP contribution in [0, 0.1) is 0 Å². The van der Waals surface area contributed by atoms with Crippen LogP contribution in [0.1, 0.15) is 41.4 Å². The van der Waals surface area contributed by atoms with Crippen molar-refractivity contribution in [1.29, 1.82) is 0 Å². The van der Waals surface area contributed by atoms with Crippen LogP contribution >= 0.6 is 15.9 Å². The molecule has 0 aliphatic carbocycles. The number of nitrogens with zero attached hydrogens (tertiary/aromatic N) is 3. The third-order valence-corrected chi connectivity index (χ3v) is 7.00. The van der Waals surface area contributed by atoms with Gasteiger partial charge in [0.05, 0.1) is 45.3 Å². The summed E-state index contributed by atoms with van der Waals surface area (Å²) in [5.74, 6) is -2.21. The smallest absolute Gasteiger partial charge is 0.338 e. The first-order chi connectivity index (χ1) is 19.4. The number of rotatable bonds is 6. The molecule has 0 bridgehead atoms. The first-order valence-electron chi connectivity index (χ1n) is 12.2. The molecule has 0 radical (unpaired) electrons. The number of benzene rings is 4. The summed E-state index contributed by atoms with van der Waals surface area (Å²) in [7, 11) is 0. The monoisotopic (exact) mass is 591 g/mol. The molecule has 2 amide bonds. The molecule has 0 saturated carbocycles. The van der Waals surface area contributed by atoms with Gasteiger partial charge in [-0.3, -0.25) is 19.4 Å². The normalized spacial score (nSPS) is 12.5. The molecule has 1 aliphatic rings. The summed E-state index contributed by atoms with van der Waals surface area (Å²) in [5, 5.41) is 0. The van der Waals surface area contributed by atoms with Crippen LogP contribution in [0.25, 0.3) is 22.3 Å². The lowest BCUT2D eigenvalue weighted by molar-refractivity contribution is 0.0474. The Hall–Kier alpha value is -5.02. The van der Waals surface area contributed by atoms with Crippen LogP contribution in [0.3, 0.4) is 0 Å². The number of amides is 2. The maximum atomic E-state index is 13.4. The minimum Gasteiger partial charge on any atom is -0.454 e. The van der Waals surface area contributed by atoms with Crippen molar-refractivity contribution in [3.63, 3.8) is 0 Å². The average molecular weight is 592 g/mol. The summed E-state index contributed by atoms with van der Waals surface area (Å²) in [4.78, 5) is 61.8. The van der Waals surface area contributed by atoms with E-state index in [0.29, 0.717) is 22.5 Å². The third kappa shape index (κ3) is 4.67. The highest BCUT2D eigenvalue weighted by Gasteiger charge is 2.37. The lowest BCUT2D eigenvalue weighted by atomic mass is 10.1. The topological polar surface area (TPSA) is 107 Å². The maximum Gasteiger partial charge on any atom is 0.338 e. The zero-order chi connectivity index (χ0) is 27.8. The summed E-state index contributed by atoms with van der Waals surface area (Å²) in [6, 6.07) is 25.2. The summed E-state index contributed by atoms with van der Waals surface area (Å²) in [6.07, 6.45) is 1.64. The summed E-state index contributed by atoms with van der Waals surface area (Å²) in [6.45, 7) is -0.457. The van der Waals surface area contributed by atoms with Crippen molar-refractivity contribution >= 4 is 56.2 Å². The van der Waals surface area contributed by atoms with Gasteiger partial charge in [-0.25, -0.2) is 14.7 Å². The quantitative estimate of drug-likeness (QED) is 0.137. The third-order valence-electron chi connectivity index (χ3n) is 6.47. The second-order valence-corrected chi connectivity index (χ2v) is 9.92. The molecular weight excluding hydrogens is 574 g/mol. The molecule has 1 aliphatic heterocycles. The molecule has 9 heteroatoms. The van der Waals surface area contributed by atoms with Crippen molar-refractivity contribution in [2.24, 2.45) is 0 Å². The number of anilines is 1. The lowest BCUT2D eigenvalue weighted by Crippen LogP contribution is -2.29. The van der Waals surface area contributed by atoms with Gasteiger partial charge in [-0.05, 0) is 54.6 Å². The van der Waals surface area contributed by atoms with Crippen molar-refractivity contribution in [3.05, 3.63) is 124 Å². The number of imide groups is 1. The first-order valence-corrected chi connectivity index (χ1v) is 13.0. The zero-order valence-electron chi connectivity index (χ0n) is 20.7. The Kier molecular flexibility index (Phi) is 6.49. The van der Waals surface area contributed by atoms with E-state index < -0.39 is 24.4 Å².